The van der Waals surface area contributed by atoms with E-state index in [4.69, 9.17) is 4.74 Å². The van der Waals surface area contributed by atoms with E-state index in [0.717, 1.165) is 23.7 Å². The Balaban J connectivity index is 1.99. The van der Waals surface area contributed by atoms with Gasteiger partial charge in [-0.3, -0.25) is 0 Å². The molecule has 3 fully saturated rings. The lowest BCUT2D eigenvalue weighted by Crippen LogP contribution is -2.42. The average Bonchev–Trinajstić information content (AvgIpc) is 2.65. The van der Waals surface area contributed by atoms with Gasteiger partial charge in [-0.25, -0.2) is 0 Å². The van der Waals surface area contributed by atoms with Crippen LogP contribution in [0, 0.1) is 34.5 Å². The summed E-state index contributed by atoms with van der Waals surface area (Å²) in [5.74, 6) is 3.21. The number of rotatable bonds is 0. The zero-order valence-electron chi connectivity index (χ0n) is 13.9. The number of fused-ring (bicyclic) bond motifs is 3. The fourth-order valence-corrected chi connectivity index (χ4v) is 6.04. The molecule has 110 valence electrons. The Hall–Kier alpha value is -0.0400. The van der Waals surface area contributed by atoms with E-state index in [2.05, 4.69) is 48.5 Å². The van der Waals surface area contributed by atoms with Crippen molar-refractivity contribution in [3.63, 3.8) is 0 Å². The van der Waals surface area contributed by atoms with Crippen molar-refractivity contribution in [1.29, 1.82) is 0 Å². The van der Waals surface area contributed by atoms with Gasteiger partial charge in [0.1, 0.15) is 0 Å². The van der Waals surface area contributed by atoms with Crippen LogP contribution in [0.3, 0.4) is 0 Å². The van der Waals surface area contributed by atoms with Crippen LogP contribution in [0.1, 0.15) is 67.7 Å². The molecule has 0 bridgehead atoms. The molecule has 19 heavy (non-hydrogen) atoms. The van der Waals surface area contributed by atoms with E-state index in [9.17, 15) is 0 Å². The Morgan fingerprint density at radius 3 is 2.16 bits per heavy atom. The van der Waals surface area contributed by atoms with Gasteiger partial charge < -0.3 is 4.74 Å². The third-order valence-corrected chi connectivity index (χ3v) is 7.36. The quantitative estimate of drug-likeness (QED) is 0.605. The monoisotopic (exact) mass is 264 g/mol. The molecule has 0 aromatic carbocycles. The maximum Gasteiger partial charge on any atom is 0.0647 e. The van der Waals surface area contributed by atoms with Gasteiger partial charge in [0.15, 0.2) is 0 Å². The van der Waals surface area contributed by atoms with Crippen LogP contribution in [0.2, 0.25) is 0 Å². The van der Waals surface area contributed by atoms with Crippen molar-refractivity contribution in [2.24, 2.45) is 34.5 Å². The first-order valence-corrected chi connectivity index (χ1v) is 8.25. The van der Waals surface area contributed by atoms with Crippen LogP contribution in [0.4, 0.5) is 0 Å². The predicted molar refractivity (Wildman–Crippen MR) is 80.0 cm³/mol. The molecule has 1 heterocycles. The molecule has 2 saturated carbocycles. The molecule has 0 radical (unpaired) electrons. The van der Waals surface area contributed by atoms with Crippen LogP contribution in [0.5, 0.6) is 0 Å². The van der Waals surface area contributed by atoms with Crippen LogP contribution in [-0.2, 0) is 4.74 Å². The molecule has 3 rings (SSSR count). The van der Waals surface area contributed by atoms with Gasteiger partial charge in [0, 0.05) is 0 Å². The summed E-state index contributed by atoms with van der Waals surface area (Å²) in [6.07, 6.45) is 4.60. The normalized spacial score (nSPS) is 49.7. The van der Waals surface area contributed by atoms with Gasteiger partial charge in [-0.1, -0.05) is 34.6 Å². The summed E-state index contributed by atoms with van der Waals surface area (Å²) in [5.41, 5.74) is 0.990. The summed E-state index contributed by atoms with van der Waals surface area (Å²) in [5, 5.41) is 0. The molecule has 0 amide bonds. The second-order valence-corrected chi connectivity index (χ2v) is 9.38. The van der Waals surface area contributed by atoms with Crippen molar-refractivity contribution in [2.45, 2.75) is 79.4 Å². The van der Waals surface area contributed by atoms with E-state index in [1.165, 1.54) is 19.3 Å². The predicted octanol–water partition coefficient (Wildman–Crippen LogP) is 4.90. The lowest BCUT2D eigenvalue weighted by molar-refractivity contribution is -0.0952. The minimum absolute atomic E-state index is 0.107. The zero-order chi connectivity index (χ0) is 14.2. The number of ether oxygens (including phenoxy) is 1. The first-order chi connectivity index (χ1) is 8.57. The van der Waals surface area contributed by atoms with Crippen molar-refractivity contribution < 1.29 is 4.74 Å². The largest absolute Gasteiger partial charge is 0.372 e. The highest BCUT2D eigenvalue weighted by Gasteiger charge is 2.64. The molecule has 0 aromatic heterocycles. The minimum Gasteiger partial charge on any atom is -0.372 e. The summed E-state index contributed by atoms with van der Waals surface area (Å²) in [7, 11) is 0. The highest BCUT2D eigenvalue weighted by molar-refractivity contribution is 5.12. The number of hydrogen-bond donors (Lipinski definition) is 0. The molecule has 1 saturated heterocycles. The zero-order valence-corrected chi connectivity index (χ0v) is 13.9. The SMILES string of the molecule is C[C@@H]1C(C)(C)[C@H]2[C@@H]3OC(C)(C)C[C@@H]3CC[C@H]2C1(C)C. The molecule has 1 aliphatic heterocycles. The first kappa shape index (κ1) is 13.9. The third kappa shape index (κ3) is 1.76. The van der Waals surface area contributed by atoms with Crippen molar-refractivity contribution in [3.05, 3.63) is 0 Å². The molecule has 0 aromatic rings. The van der Waals surface area contributed by atoms with Gasteiger partial charge in [-0.2, -0.15) is 0 Å². The molecule has 0 N–H and O–H groups in total. The summed E-state index contributed by atoms with van der Waals surface area (Å²) in [6, 6.07) is 0. The second kappa shape index (κ2) is 3.78. The van der Waals surface area contributed by atoms with Gasteiger partial charge >= 0.3 is 0 Å². The molecule has 0 spiro atoms. The Bertz CT molecular complexity index is 379. The van der Waals surface area contributed by atoms with Gasteiger partial charge in [-0.05, 0) is 67.6 Å². The summed E-state index contributed by atoms with van der Waals surface area (Å²) < 4.78 is 6.54. The minimum atomic E-state index is 0.107. The number of hydrogen-bond acceptors (Lipinski definition) is 1. The maximum absolute atomic E-state index is 6.54. The Labute approximate surface area is 119 Å². The van der Waals surface area contributed by atoms with Crippen LogP contribution in [-0.4, -0.2) is 11.7 Å². The lowest BCUT2D eigenvalue weighted by atomic mass is 9.64. The third-order valence-electron chi connectivity index (χ3n) is 7.36. The molecule has 1 nitrogen and oxygen atoms in total. The molecule has 3 aliphatic rings. The van der Waals surface area contributed by atoms with Crippen molar-refractivity contribution in [2.75, 3.05) is 0 Å². The summed E-state index contributed by atoms with van der Waals surface area (Å²) >= 11 is 0. The highest BCUT2D eigenvalue weighted by atomic mass is 16.5. The average molecular weight is 264 g/mol. The van der Waals surface area contributed by atoms with Gasteiger partial charge in [0.25, 0.3) is 0 Å². The lowest BCUT2D eigenvalue weighted by Gasteiger charge is -2.43. The van der Waals surface area contributed by atoms with Gasteiger partial charge in [0.05, 0.1) is 11.7 Å². The molecule has 0 unspecified atom stereocenters. The van der Waals surface area contributed by atoms with E-state index >= 15 is 0 Å². The topological polar surface area (TPSA) is 9.23 Å². The Morgan fingerprint density at radius 2 is 1.53 bits per heavy atom. The van der Waals surface area contributed by atoms with Crippen LogP contribution < -0.4 is 0 Å². The smallest absolute Gasteiger partial charge is 0.0647 e. The molecule has 2 aliphatic carbocycles. The van der Waals surface area contributed by atoms with E-state index < -0.39 is 0 Å². The van der Waals surface area contributed by atoms with Crippen molar-refractivity contribution >= 4 is 0 Å². The molecule has 5 atom stereocenters. The second-order valence-electron chi connectivity index (χ2n) is 9.38. The summed E-state index contributed by atoms with van der Waals surface area (Å²) in [6.45, 7) is 17.1. The van der Waals surface area contributed by atoms with E-state index in [1.807, 2.05) is 0 Å². The van der Waals surface area contributed by atoms with Crippen LogP contribution in [0.25, 0.3) is 0 Å². The standard InChI is InChI=1S/C18H32O/c1-11-17(4,5)13-9-8-12-10-16(2,3)19-15(12)14(13)18(11,6)7/h11-15H,8-10H2,1-7H3/t11-,12-,13+,14+,15+/m0/s1. The fraction of sp³-hybridized carbons (Fsp3) is 1.00. The molecule has 1 heteroatoms. The molecular weight excluding hydrogens is 232 g/mol. The van der Waals surface area contributed by atoms with Gasteiger partial charge in [-0.15, -0.1) is 0 Å². The highest BCUT2D eigenvalue weighted by Crippen LogP contribution is 2.67. The Morgan fingerprint density at radius 1 is 0.895 bits per heavy atom. The molecular formula is C18H32O. The van der Waals surface area contributed by atoms with Crippen LogP contribution in [0.15, 0.2) is 0 Å². The van der Waals surface area contributed by atoms with Crippen molar-refractivity contribution in [3.8, 4) is 0 Å². The fourth-order valence-electron chi connectivity index (χ4n) is 6.04. The van der Waals surface area contributed by atoms with E-state index in [0.29, 0.717) is 16.9 Å². The van der Waals surface area contributed by atoms with Crippen molar-refractivity contribution in [1.82, 2.24) is 0 Å². The maximum atomic E-state index is 6.54. The first-order valence-electron chi connectivity index (χ1n) is 8.25. The van der Waals surface area contributed by atoms with E-state index in [1.54, 1.807) is 0 Å². The van der Waals surface area contributed by atoms with Crippen LogP contribution >= 0.6 is 0 Å². The van der Waals surface area contributed by atoms with E-state index in [-0.39, 0.29) is 5.60 Å². The Kier molecular flexibility index (Phi) is 2.77. The van der Waals surface area contributed by atoms with Gasteiger partial charge in [0.2, 0.25) is 0 Å². The summed E-state index contributed by atoms with van der Waals surface area (Å²) in [4.78, 5) is 0.